The molecule has 2 atom stereocenters. The molecule has 0 radical (unpaired) electrons. The molecule has 2 fully saturated rings. The standard InChI is InChI=1S/C24H18ClNO2/c1-23-20(21(27)26(22(23)28)19-14-12-18(25)13-15-19)24(23,16-8-4-2-5-9-16)17-10-6-3-7-11-17/h2-15,20H,1H3. The molecule has 0 spiro atoms. The van der Waals surface area contributed by atoms with Crippen molar-refractivity contribution in [3.05, 3.63) is 101 Å². The van der Waals surface area contributed by atoms with Gasteiger partial charge in [0.2, 0.25) is 11.8 Å². The van der Waals surface area contributed by atoms with E-state index >= 15 is 0 Å². The van der Waals surface area contributed by atoms with Crippen LogP contribution >= 0.6 is 11.6 Å². The number of piperidine rings is 1. The fourth-order valence-corrected chi connectivity index (χ4v) is 5.27. The fraction of sp³-hybridized carbons (Fsp3) is 0.167. The summed E-state index contributed by atoms with van der Waals surface area (Å²) in [6.07, 6.45) is 0. The second kappa shape index (κ2) is 5.79. The zero-order valence-electron chi connectivity index (χ0n) is 15.3. The maximum atomic E-state index is 13.6. The average molecular weight is 388 g/mol. The summed E-state index contributed by atoms with van der Waals surface area (Å²) in [5.74, 6) is -0.729. The molecule has 2 unspecified atom stereocenters. The van der Waals surface area contributed by atoms with E-state index in [1.807, 2.05) is 67.6 Å². The number of amides is 2. The molecule has 1 aliphatic carbocycles. The molecule has 0 aromatic heterocycles. The lowest BCUT2D eigenvalue weighted by Crippen LogP contribution is -2.42. The third kappa shape index (κ3) is 1.95. The molecular weight excluding hydrogens is 370 g/mol. The van der Waals surface area contributed by atoms with Gasteiger partial charge in [-0.05, 0) is 42.3 Å². The molecule has 0 N–H and O–H groups in total. The van der Waals surface area contributed by atoms with Gasteiger partial charge in [0.05, 0.1) is 17.0 Å². The minimum Gasteiger partial charge on any atom is -0.274 e. The van der Waals surface area contributed by atoms with Crippen LogP contribution in [0.4, 0.5) is 5.69 Å². The molecule has 1 saturated heterocycles. The van der Waals surface area contributed by atoms with Crippen molar-refractivity contribution in [2.24, 2.45) is 11.3 Å². The largest absolute Gasteiger partial charge is 0.274 e. The first-order chi connectivity index (χ1) is 13.5. The lowest BCUT2D eigenvalue weighted by molar-refractivity contribution is -0.125. The normalized spacial score (nSPS) is 24.9. The van der Waals surface area contributed by atoms with Gasteiger partial charge >= 0.3 is 0 Å². The van der Waals surface area contributed by atoms with Crippen LogP contribution in [0.5, 0.6) is 0 Å². The Balaban J connectivity index is 1.67. The minimum absolute atomic E-state index is 0.150. The smallest absolute Gasteiger partial charge is 0.241 e. The molecule has 1 heterocycles. The summed E-state index contributed by atoms with van der Waals surface area (Å²) >= 11 is 5.97. The molecule has 0 bridgehead atoms. The quantitative estimate of drug-likeness (QED) is 0.603. The van der Waals surface area contributed by atoms with Crippen LogP contribution < -0.4 is 4.90 Å². The maximum absolute atomic E-state index is 13.6. The van der Waals surface area contributed by atoms with Gasteiger partial charge in [-0.3, -0.25) is 9.59 Å². The van der Waals surface area contributed by atoms with Crippen molar-refractivity contribution in [1.29, 1.82) is 0 Å². The van der Waals surface area contributed by atoms with Crippen molar-refractivity contribution in [3.8, 4) is 0 Å². The molecule has 1 saturated carbocycles. The molecule has 2 aliphatic rings. The zero-order chi connectivity index (χ0) is 19.5. The van der Waals surface area contributed by atoms with Crippen LogP contribution in [-0.2, 0) is 15.0 Å². The summed E-state index contributed by atoms with van der Waals surface area (Å²) in [6, 6.07) is 26.7. The van der Waals surface area contributed by atoms with E-state index in [1.165, 1.54) is 4.90 Å². The number of nitrogens with zero attached hydrogens (tertiary/aromatic N) is 1. The highest BCUT2D eigenvalue weighted by Crippen LogP contribution is 2.76. The third-order valence-electron chi connectivity index (χ3n) is 6.40. The predicted octanol–water partition coefficient (Wildman–Crippen LogP) is 4.84. The predicted molar refractivity (Wildman–Crippen MR) is 109 cm³/mol. The molecule has 3 aromatic rings. The van der Waals surface area contributed by atoms with E-state index in [0.29, 0.717) is 10.7 Å². The van der Waals surface area contributed by atoms with E-state index < -0.39 is 16.7 Å². The van der Waals surface area contributed by atoms with Gasteiger partial charge in [0, 0.05) is 10.4 Å². The first kappa shape index (κ1) is 17.2. The Labute approximate surface area is 168 Å². The number of anilines is 1. The number of carbonyl (C=O) groups excluding carboxylic acids is 2. The molecule has 3 aromatic carbocycles. The summed E-state index contributed by atoms with van der Waals surface area (Å²) in [5, 5.41) is 0.571. The van der Waals surface area contributed by atoms with Crippen LogP contribution in [0.2, 0.25) is 5.02 Å². The van der Waals surface area contributed by atoms with E-state index in [0.717, 1.165) is 11.1 Å². The summed E-state index contributed by atoms with van der Waals surface area (Å²) in [6.45, 7) is 1.92. The van der Waals surface area contributed by atoms with Gasteiger partial charge in [0.1, 0.15) is 0 Å². The Hall–Kier alpha value is -2.91. The monoisotopic (exact) mass is 387 g/mol. The number of imide groups is 1. The van der Waals surface area contributed by atoms with Crippen LogP contribution in [0, 0.1) is 11.3 Å². The number of fused-ring (bicyclic) bond motifs is 1. The Morgan fingerprint density at radius 2 is 1.29 bits per heavy atom. The van der Waals surface area contributed by atoms with Crippen molar-refractivity contribution >= 4 is 29.1 Å². The van der Waals surface area contributed by atoms with Gasteiger partial charge in [0.15, 0.2) is 0 Å². The molecule has 138 valence electrons. The highest BCUT2D eigenvalue weighted by atomic mass is 35.5. The van der Waals surface area contributed by atoms with Gasteiger partial charge in [-0.2, -0.15) is 0 Å². The van der Waals surface area contributed by atoms with Crippen molar-refractivity contribution in [2.45, 2.75) is 12.3 Å². The Morgan fingerprint density at radius 3 is 1.71 bits per heavy atom. The van der Waals surface area contributed by atoms with Crippen molar-refractivity contribution in [3.63, 3.8) is 0 Å². The fourth-order valence-electron chi connectivity index (χ4n) is 5.14. The zero-order valence-corrected chi connectivity index (χ0v) is 16.1. The molecule has 2 amide bonds. The van der Waals surface area contributed by atoms with Crippen molar-refractivity contribution < 1.29 is 9.59 Å². The highest BCUT2D eigenvalue weighted by Gasteiger charge is 2.86. The Bertz CT molecular complexity index is 1040. The van der Waals surface area contributed by atoms with Crippen LogP contribution in [0.1, 0.15) is 18.1 Å². The van der Waals surface area contributed by atoms with E-state index in [9.17, 15) is 9.59 Å². The molecular formula is C24H18ClNO2. The SMILES string of the molecule is CC12C(=O)N(c3ccc(Cl)cc3)C(=O)C1C2(c1ccccc1)c1ccccc1. The number of halogens is 1. The average Bonchev–Trinajstić information content (AvgIpc) is 3.26. The summed E-state index contributed by atoms with van der Waals surface area (Å²) in [7, 11) is 0. The minimum atomic E-state index is -0.813. The van der Waals surface area contributed by atoms with Gasteiger partial charge in [-0.15, -0.1) is 0 Å². The van der Waals surface area contributed by atoms with E-state index in [4.69, 9.17) is 11.6 Å². The number of carbonyl (C=O) groups is 2. The van der Waals surface area contributed by atoms with Crippen LogP contribution in [0.15, 0.2) is 84.9 Å². The Kier molecular flexibility index (Phi) is 3.56. The van der Waals surface area contributed by atoms with Crippen molar-refractivity contribution in [1.82, 2.24) is 0 Å². The van der Waals surface area contributed by atoms with Crippen LogP contribution in [0.3, 0.4) is 0 Å². The van der Waals surface area contributed by atoms with E-state index in [-0.39, 0.29) is 11.8 Å². The molecule has 28 heavy (non-hydrogen) atoms. The van der Waals surface area contributed by atoms with Gasteiger partial charge in [-0.1, -0.05) is 72.3 Å². The topological polar surface area (TPSA) is 37.4 Å². The molecule has 1 aliphatic heterocycles. The second-order valence-corrected chi connectivity index (χ2v) is 8.07. The molecule has 4 heteroatoms. The lowest BCUT2D eigenvalue weighted by Gasteiger charge is -2.29. The third-order valence-corrected chi connectivity index (χ3v) is 6.66. The van der Waals surface area contributed by atoms with Gasteiger partial charge < -0.3 is 0 Å². The van der Waals surface area contributed by atoms with E-state index in [2.05, 4.69) is 0 Å². The first-order valence-electron chi connectivity index (χ1n) is 9.28. The van der Waals surface area contributed by atoms with Gasteiger partial charge in [0.25, 0.3) is 0 Å². The van der Waals surface area contributed by atoms with Crippen LogP contribution in [-0.4, -0.2) is 11.8 Å². The molecule has 3 nitrogen and oxygen atoms in total. The van der Waals surface area contributed by atoms with Crippen LogP contribution in [0.25, 0.3) is 0 Å². The Morgan fingerprint density at radius 1 is 0.786 bits per heavy atom. The number of benzene rings is 3. The number of hydrogen-bond acceptors (Lipinski definition) is 2. The number of hydrogen-bond donors (Lipinski definition) is 0. The lowest BCUT2D eigenvalue weighted by atomic mass is 9.79. The number of rotatable bonds is 3. The molecule has 5 rings (SSSR count). The first-order valence-corrected chi connectivity index (χ1v) is 9.65. The second-order valence-electron chi connectivity index (χ2n) is 7.63. The van der Waals surface area contributed by atoms with E-state index in [1.54, 1.807) is 24.3 Å². The summed E-state index contributed by atoms with van der Waals surface area (Å²) in [5.41, 5.74) is 1.14. The van der Waals surface area contributed by atoms with Crippen molar-refractivity contribution in [2.75, 3.05) is 4.90 Å². The summed E-state index contributed by atoms with van der Waals surface area (Å²) < 4.78 is 0. The van der Waals surface area contributed by atoms with Gasteiger partial charge in [-0.25, -0.2) is 4.90 Å². The maximum Gasteiger partial charge on any atom is 0.241 e. The summed E-state index contributed by atoms with van der Waals surface area (Å²) in [4.78, 5) is 28.4. The highest BCUT2D eigenvalue weighted by molar-refractivity contribution is 6.31.